The van der Waals surface area contributed by atoms with E-state index < -0.39 is 30.3 Å². The molecule has 4 heterocycles. The number of ether oxygens (including phenoxy) is 3. The molecule has 36 heavy (non-hydrogen) atoms. The molecule has 4 N–H and O–H groups in total. The molecule has 2 saturated heterocycles. The largest absolute Gasteiger partial charge is 0.394 e. The number of aliphatic hydroxyl groups excluding tert-OH is 1. The van der Waals surface area contributed by atoms with E-state index in [1.807, 2.05) is 48.7 Å². The zero-order valence-electron chi connectivity index (χ0n) is 20.0. The lowest BCUT2D eigenvalue weighted by molar-refractivity contribution is -0.664. The van der Waals surface area contributed by atoms with Gasteiger partial charge in [-0.25, -0.2) is 4.57 Å². The first kappa shape index (κ1) is 22.9. The maximum Gasteiger partial charge on any atom is 0.304 e. The zero-order chi connectivity index (χ0) is 25.0. The highest BCUT2D eigenvalue weighted by Gasteiger charge is 2.58. The molecule has 0 bridgehead atoms. The molecule has 0 spiro atoms. The van der Waals surface area contributed by atoms with Crippen molar-refractivity contribution in [1.82, 2.24) is 14.5 Å². The first-order chi connectivity index (χ1) is 17.3. The van der Waals surface area contributed by atoms with Gasteiger partial charge in [0, 0.05) is 0 Å². The Hall–Kier alpha value is -3.57. The molecule has 6 rings (SSSR count). The predicted octanol–water partition coefficient (Wildman–Crippen LogP) is 1.72. The second-order valence-corrected chi connectivity index (χ2v) is 9.65. The van der Waals surface area contributed by atoms with Crippen molar-refractivity contribution < 1.29 is 23.9 Å². The molecule has 0 amide bonds. The summed E-state index contributed by atoms with van der Waals surface area (Å²) in [6.07, 6.45) is -0.392. The van der Waals surface area contributed by atoms with Crippen LogP contribution < -0.4 is 15.9 Å². The van der Waals surface area contributed by atoms with Crippen LogP contribution in [0.25, 0.3) is 22.3 Å². The minimum absolute atomic E-state index is 0.00314. The van der Waals surface area contributed by atoms with Crippen LogP contribution in [0.1, 0.15) is 25.6 Å². The Labute approximate surface area is 206 Å². The average Bonchev–Trinajstić information content (AvgIpc) is 3.48. The van der Waals surface area contributed by atoms with Crippen molar-refractivity contribution in [3.05, 3.63) is 76.8 Å². The molecule has 10 nitrogen and oxygen atoms in total. The number of nitrogen functional groups attached to an aromatic ring is 1. The number of benzene rings is 2. The lowest BCUT2D eigenvalue weighted by Crippen LogP contribution is -2.37. The highest BCUT2D eigenvalue weighted by molar-refractivity contribution is 5.67. The molecule has 186 valence electrons. The smallest absolute Gasteiger partial charge is 0.304 e. The van der Waals surface area contributed by atoms with Crippen molar-refractivity contribution in [2.24, 2.45) is 0 Å². The van der Waals surface area contributed by atoms with Crippen LogP contribution in [0.4, 0.5) is 5.95 Å². The summed E-state index contributed by atoms with van der Waals surface area (Å²) in [7, 11) is 0. The van der Waals surface area contributed by atoms with Crippen molar-refractivity contribution >= 4 is 17.1 Å². The van der Waals surface area contributed by atoms with Gasteiger partial charge in [-0.2, -0.15) is 9.55 Å². The molecule has 2 fully saturated rings. The van der Waals surface area contributed by atoms with E-state index in [0.717, 1.165) is 16.7 Å². The summed E-state index contributed by atoms with van der Waals surface area (Å²) >= 11 is 0. The second kappa shape index (κ2) is 8.52. The summed E-state index contributed by atoms with van der Waals surface area (Å²) in [4.78, 5) is 20.0. The Balaban J connectivity index is 1.39. The van der Waals surface area contributed by atoms with E-state index in [0.29, 0.717) is 17.7 Å². The summed E-state index contributed by atoms with van der Waals surface area (Å²) in [6.45, 7) is 3.86. The maximum atomic E-state index is 13.0. The van der Waals surface area contributed by atoms with Crippen LogP contribution in [0.5, 0.6) is 0 Å². The van der Waals surface area contributed by atoms with Gasteiger partial charge in [-0.05, 0) is 30.5 Å². The number of aromatic nitrogens is 4. The van der Waals surface area contributed by atoms with Crippen molar-refractivity contribution in [3.8, 4) is 11.1 Å². The Morgan fingerprint density at radius 3 is 2.50 bits per heavy atom. The van der Waals surface area contributed by atoms with Crippen LogP contribution >= 0.6 is 0 Å². The molecule has 0 saturated carbocycles. The number of H-pyrrole nitrogens is 1. The van der Waals surface area contributed by atoms with Crippen LogP contribution in [-0.2, 0) is 20.8 Å². The Morgan fingerprint density at radius 2 is 1.78 bits per heavy atom. The molecule has 0 aliphatic carbocycles. The fourth-order valence-corrected chi connectivity index (χ4v) is 5.14. The molecule has 2 aromatic heterocycles. The topological polar surface area (TPSA) is 128 Å². The summed E-state index contributed by atoms with van der Waals surface area (Å²) in [6, 6.07) is 18.3. The molecule has 4 aromatic rings. The normalized spacial score (nSPS) is 24.9. The molecule has 0 unspecified atom stereocenters. The van der Waals surface area contributed by atoms with Crippen molar-refractivity contribution in [2.45, 2.75) is 50.7 Å². The monoisotopic (exact) mass is 490 g/mol. The van der Waals surface area contributed by atoms with E-state index in [1.54, 1.807) is 10.9 Å². The number of nitrogens with one attached hydrogen (secondary N) is 1. The Kier molecular flexibility index (Phi) is 5.41. The van der Waals surface area contributed by atoms with Crippen LogP contribution in [-0.4, -0.2) is 50.3 Å². The summed E-state index contributed by atoms with van der Waals surface area (Å²) < 4.78 is 21.8. The minimum atomic E-state index is -0.825. The number of aromatic amines is 1. The SMILES string of the molecule is CC1(C)O[C@@H]2[C@H](O1)[C@@H](CO)O[C@H]2n1c[n+](Cc2ccc(-c3ccccc3)cc2)c2c(=O)[nH]c(N)nc21. The third-order valence-corrected chi connectivity index (χ3v) is 6.68. The number of nitrogens with zero attached hydrogens (tertiary/aromatic N) is 3. The number of imidazole rings is 1. The Bertz CT molecular complexity index is 1460. The third-order valence-electron chi connectivity index (χ3n) is 6.68. The number of hydrogen-bond acceptors (Lipinski definition) is 7. The molecular weight excluding hydrogens is 462 g/mol. The molecular formula is C26H28N5O5+. The first-order valence-corrected chi connectivity index (χ1v) is 11.9. The fraction of sp³-hybridized carbons (Fsp3) is 0.346. The zero-order valence-corrected chi connectivity index (χ0v) is 20.0. The fourth-order valence-electron chi connectivity index (χ4n) is 5.14. The number of aliphatic hydroxyl groups is 1. The van der Waals surface area contributed by atoms with Crippen molar-refractivity contribution in [1.29, 1.82) is 0 Å². The maximum absolute atomic E-state index is 13.0. The number of nitrogens with two attached hydrogens (primary N) is 1. The highest BCUT2D eigenvalue weighted by atomic mass is 16.8. The standard InChI is InChI=1S/C26H27N5O5/c1-26(2)35-20-18(13-32)34-24(21(20)36-26)31-14-30(19-22(31)28-25(27)29-23(19)33)12-15-8-10-17(11-9-15)16-6-4-3-5-7-16/h3-11,14,18,20-21,24,32H,12-13H2,1-2H3,(H2-,27,28,29,33)/p+1/t18-,20-,21-,24-/m1/s1. The summed E-state index contributed by atoms with van der Waals surface area (Å²) in [5.74, 6) is -0.822. The van der Waals surface area contributed by atoms with Gasteiger partial charge >= 0.3 is 5.56 Å². The minimum Gasteiger partial charge on any atom is -0.394 e. The van der Waals surface area contributed by atoms with E-state index in [-0.39, 0.29) is 18.1 Å². The van der Waals surface area contributed by atoms with Crippen molar-refractivity contribution in [3.63, 3.8) is 0 Å². The molecule has 2 aliphatic rings. The number of hydrogen-bond donors (Lipinski definition) is 3. The molecule has 10 heteroatoms. The van der Waals surface area contributed by atoms with E-state index >= 15 is 0 Å². The van der Waals surface area contributed by atoms with Crippen LogP contribution in [0.15, 0.2) is 65.7 Å². The average molecular weight is 491 g/mol. The van der Waals surface area contributed by atoms with E-state index in [2.05, 4.69) is 34.2 Å². The number of rotatable bonds is 5. The summed E-state index contributed by atoms with van der Waals surface area (Å²) in [5, 5.41) is 9.89. The number of anilines is 1. The van der Waals surface area contributed by atoms with Crippen LogP contribution in [0, 0.1) is 0 Å². The predicted molar refractivity (Wildman–Crippen MR) is 131 cm³/mol. The van der Waals surface area contributed by atoms with E-state index in [1.165, 1.54) is 0 Å². The molecule has 2 aromatic carbocycles. The Morgan fingerprint density at radius 1 is 1.08 bits per heavy atom. The summed E-state index contributed by atoms with van der Waals surface area (Å²) in [5.41, 5.74) is 9.54. The van der Waals surface area contributed by atoms with Gasteiger partial charge in [0.2, 0.25) is 18.5 Å². The van der Waals surface area contributed by atoms with Gasteiger partial charge in [0.1, 0.15) is 18.8 Å². The van der Waals surface area contributed by atoms with Gasteiger partial charge in [-0.1, -0.05) is 54.6 Å². The van der Waals surface area contributed by atoms with E-state index in [4.69, 9.17) is 19.9 Å². The molecule has 0 radical (unpaired) electrons. The van der Waals surface area contributed by atoms with Crippen LogP contribution in [0.2, 0.25) is 0 Å². The quantitative estimate of drug-likeness (QED) is 0.363. The van der Waals surface area contributed by atoms with Gasteiger partial charge in [-0.3, -0.25) is 9.78 Å². The van der Waals surface area contributed by atoms with E-state index in [9.17, 15) is 9.90 Å². The lowest BCUT2D eigenvalue weighted by atomic mass is 10.0. The van der Waals surface area contributed by atoms with Gasteiger partial charge in [0.15, 0.2) is 11.9 Å². The van der Waals surface area contributed by atoms with Crippen LogP contribution in [0.3, 0.4) is 0 Å². The van der Waals surface area contributed by atoms with Gasteiger partial charge < -0.3 is 25.1 Å². The lowest BCUT2D eigenvalue weighted by Gasteiger charge is -2.22. The second-order valence-electron chi connectivity index (χ2n) is 9.65. The van der Waals surface area contributed by atoms with Crippen molar-refractivity contribution in [2.75, 3.05) is 12.3 Å². The molecule has 2 aliphatic heterocycles. The molecule has 4 atom stereocenters. The van der Waals surface area contributed by atoms with Gasteiger partial charge in [0.05, 0.1) is 6.61 Å². The number of fused-ring (bicyclic) bond motifs is 2. The van der Waals surface area contributed by atoms with Gasteiger partial charge in [0.25, 0.3) is 11.2 Å². The first-order valence-electron chi connectivity index (χ1n) is 11.9. The third kappa shape index (κ3) is 3.88. The van der Waals surface area contributed by atoms with Gasteiger partial charge in [-0.15, -0.1) is 0 Å². The highest BCUT2D eigenvalue weighted by Crippen LogP contribution is 2.43.